The molecule has 3 heterocycles. The number of benzene rings is 1. The summed E-state index contributed by atoms with van der Waals surface area (Å²) in [6, 6.07) is 5.96. The molecular weight excluding hydrogens is 349 g/mol. The number of likely N-dealkylation sites (tertiary alicyclic amines) is 1. The van der Waals surface area contributed by atoms with E-state index in [1.165, 1.54) is 12.1 Å². The number of piperidine rings is 1. The summed E-state index contributed by atoms with van der Waals surface area (Å²) in [5.74, 6) is 0.589. The Morgan fingerprint density at radius 1 is 1.30 bits per heavy atom. The average Bonchev–Trinajstić information content (AvgIpc) is 3.30. The molecule has 4 rings (SSSR count). The van der Waals surface area contributed by atoms with Crippen LogP contribution in [0.1, 0.15) is 40.7 Å². The third-order valence-corrected chi connectivity index (χ3v) is 5.07. The summed E-state index contributed by atoms with van der Waals surface area (Å²) in [5, 5.41) is 8.17. The molecule has 140 valence electrons. The molecule has 1 atom stereocenters. The van der Waals surface area contributed by atoms with Crippen molar-refractivity contribution in [3.8, 4) is 11.4 Å². The zero-order chi connectivity index (χ0) is 19.0. The van der Waals surface area contributed by atoms with Gasteiger partial charge in [-0.3, -0.25) is 9.48 Å². The van der Waals surface area contributed by atoms with Gasteiger partial charge in [0.2, 0.25) is 11.7 Å². The van der Waals surface area contributed by atoms with Gasteiger partial charge in [-0.25, -0.2) is 4.39 Å². The minimum atomic E-state index is -0.311. The first-order chi connectivity index (χ1) is 13.0. The average molecular weight is 369 g/mol. The maximum Gasteiger partial charge on any atom is 0.257 e. The van der Waals surface area contributed by atoms with Gasteiger partial charge >= 0.3 is 0 Å². The van der Waals surface area contributed by atoms with Crippen molar-refractivity contribution in [1.29, 1.82) is 0 Å². The van der Waals surface area contributed by atoms with Crippen molar-refractivity contribution >= 4 is 5.91 Å². The monoisotopic (exact) mass is 369 g/mol. The predicted octanol–water partition coefficient (Wildman–Crippen LogP) is 2.94. The van der Waals surface area contributed by atoms with Crippen LogP contribution in [0.4, 0.5) is 4.39 Å². The Hall–Kier alpha value is -3.03. The van der Waals surface area contributed by atoms with Gasteiger partial charge in [-0.2, -0.15) is 10.1 Å². The van der Waals surface area contributed by atoms with Crippen LogP contribution in [0.15, 0.2) is 35.0 Å². The van der Waals surface area contributed by atoms with E-state index < -0.39 is 0 Å². The molecule has 27 heavy (non-hydrogen) atoms. The van der Waals surface area contributed by atoms with Crippen LogP contribution >= 0.6 is 0 Å². The van der Waals surface area contributed by atoms with E-state index >= 15 is 0 Å². The number of aromatic nitrogens is 4. The quantitative estimate of drug-likeness (QED) is 0.709. The first-order valence-electron chi connectivity index (χ1n) is 8.90. The molecule has 0 N–H and O–H groups in total. The number of halogens is 1. The molecule has 2 aromatic heterocycles. The van der Waals surface area contributed by atoms with Gasteiger partial charge in [0.1, 0.15) is 5.82 Å². The third kappa shape index (κ3) is 3.34. The van der Waals surface area contributed by atoms with Crippen molar-refractivity contribution in [2.75, 3.05) is 13.1 Å². The SMILES string of the molecule is Cc1c(C(=O)N2CCC[C@H](c3nc(-c4ccc(F)cc4)no3)C2)cnn1C. The second-order valence-electron chi connectivity index (χ2n) is 6.82. The fraction of sp³-hybridized carbons (Fsp3) is 0.368. The zero-order valence-corrected chi connectivity index (χ0v) is 15.2. The molecule has 1 amide bonds. The molecular formula is C19H20FN5O2. The van der Waals surface area contributed by atoms with Gasteiger partial charge in [-0.1, -0.05) is 5.16 Å². The number of carbonyl (C=O) groups excluding carboxylic acids is 1. The molecule has 0 aliphatic carbocycles. The molecule has 3 aromatic rings. The Bertz CT molecular complexity index is 963. The highest BCUT2D eigenvalue weighted by Gasteiger charge is 2.30. The minimum absolute atomic E-state index is 0.0126. The van der Waals surface area contributed by atoms with Gasteiger partial charge in [0, 0.05) is 31.4 Å². The molecule has 1 aliphatic rings. The van der Waals surface area contributed by atoms with Gasteiger partial charge in [-0.15, -0.1) is 0 Å². The summed E-state index contributed by atoms with van der Waals surface area (Å²) in [7, 11) is 1.82. The summed E-state index contributed by atoms with van der Waals surface area (Å²) in [6.07, 6.45) is 3.35. The Labute approximate surface area is 155 Å². The largest absolute Gasteiger partial charge is 0.339 e. The normalized spacial score (nSPS) is 17.3. The first kappa shape index (κ1) is 17.4. The molecule has 1 fully saturated rings. The molecule has 1 saturated heterocycles. The summed E-state index contributed by atoms with van der Waals surface area (Å²) < 4.78 is 20.2. The summed E-state index contributed by atoms with van der Waals surface area (Å²) in [4.78, 5) is 19.1. The maximum absolute atomic E-state index is 13.1. The van der Waals surface area contributed by atoms with Gasteiger partial charge in [0.05, 0.1) is 17.7 Å². The molecule has 7 nitrogen and oxygen atoms in total. The summed E-state index contributed by atoms with van der Waals surface area (Å²) in [6.45, 7) is 3.11. The summed E-state index contributed by atoms with van der Waals surface area (Å²) >= 11 is 0. The summed E-state index contributed by atoms with van der Waals surface area (Å²) in [5.41, 5.74) is 2.16. The van der Waals surface area contributed by atoms with Crippen LogP contribution in [-0.2, 0) is 7.05 Å². The van der Waals surface area contributed by atoms with E-state index in [9.17, 15) is 9.18 Å². The standard InChI is InChI=1S/C19H20FN5O2/c1-12-16(10-21-24(12)2)19(26)25-9-3-4-14(11-25)18-22-17(23-27-18)13-5-7-15(20)8-6-13/h5-8,10,14H,3-4,9,11H2,1-2H3/t14-/m0/s1. The van der Waals surface area contributed by atoms with E-state index in [1.807, 2.05) is 18.9 Å². The van der Waals surface area contributed by atoms with Crippen LogP contribution in [0.2, 0.25) is 0 Å². The van der Waals surface area contributed by atoms with Crippen LogP contribution in [0.5, 0.6) is 0 Å². The second-order valence-corrected chi connectivity index (χ2v) is 6.82. The fourth-order valence-corrected chi connectivity index (χ4v) is 3.36. The number of rotatable bonds is 3. The number of carbonyl (C=O) groups is 1. The van der Waals surface area contributed by atoms with E-state index in [1.54, 1.807) is 23.0 Å². The Morgan fingerprint density at radius 2 is 2.07 bits per heavy atom. The Kier molecular flexibility index (Phi) is 4.47. The predicted molar refractivity (Wildman–Crippen MR) is 95.5 cm³/mol. The van der Waals surface area contributed by atoms with Crippen LogP contribution < -0.4 is 0 Å². The van der Waals surface area contributed by atoms with Gasteiger partial charge in [0.25, 0.3) is 5.91 Å². The highest BCUT2D eigenvalue weighted by molar-refractivity contribution is 5.95. The maximum atomic E-state index is 13.1. The van der Waals surface area contributed by atoms with Gasteiger partial charge in [0.15, 0.2) is 0 Å². The van der Waals surface area contributed by atoms with Crippen LogP contribution in [0.3, 0.4) is 0 Å². The number of nitrogens with zero attached hydrogens (tertiary/aromatic N) is 5. The smallest absolute Gasteiger partial charge is 0.257 e. The lowest BCUT2D eigenvalue weighted by Crippen LogP contribution is -2.39. The number of hydrogen-bond donors (Lipinski definition) is 0. The van der Waals surface area contributed by atoms with Crippen LogP contribution in [-0.4, -0.2) is 43.8 Å². The topological polar surface area (TPSA) is 77.1 Å². The zero-order valence-electron chi connectivity index (χ0n) is 15.2. The highest BCUT2D eigenvalue weighted by Crippen LogP contribution is 2.28. The molecule has 0 unspecified atom stereocenters. The Balaban J connectivity index is 1.51. The number of amides is 1. The van der Waals surface area contributed by atoms with Gasteiger partial charge in [-0.05, 0) is 44.0 Å². The van der Waals surface area contributed by atoms with E-state index in [0.717, 1.165) is 18.5 Å². The second kappa shape index (κ2) is 6.94. The molecule has 0 bridgehead atoms. The van der Waals surface area contributed by atoms with E-state index in [4.69, 9.17) is 4.52 Å². The minimum Gasteiger partial charge on any atom is -0.339 e. The van der Waals surface area contributed by atoms with E-state index in [-0.39, 0.29) is 17.6 Å². The highest BCUT2D eigenvalue weighted by atomic mass is 19.1. The Morgan fingerprint density at radius 3 is 2.78 bits per heavy atom. The molecule has 0 spiro atoms. The molecule has 0 radical (unpaired) electrons. The fourth-order valence-electron chi connectivity index (χ4n) is 3.36. The molecule has 1 aliphatic heterocycles. The van der Waals surface area contributed by atoms with Crippen molar-refractivity contribution in [3.63, 3.8) is 0 Å². The number of aryl methyl sites for hydroxylation is 1. The van der Waals surface area contributed by atoms with E-state index in [0.29, 0.717) is 35.9 Å². The lowest BCUT2D eigenvalue weighted by Gasteiger charge is -2.30. The van der Waals surface area contributed by atoms with Crippen molar-refractivity contribution in [2.24, 2.45) is 7.05 Å². The van der Waals surface area contributed by atoms with E-state index in [2.05, 4.69) is 15.2 Å². The lowest BCUT2D eigenvalue weighted by molar-refractivity contribution is 0.0695. The number of hydrogen-bond acceptors (Lipinski definition) is 5. The van der Waals surface area contributed by atoms with Crippen LogP contribution in [0.25, 0.3) is 11.4 Å². The molecule has 8 heteroatoms. The van der Waals surface area contributed by atoms with Crippen molar-refractivity contribution in [3.05, 3.63) is 53.4 Å². The van der Waals surface area contributed by atoms with Crippen molar-refractivity contribution in [2.45, 2.75) is 25.7 Å². The van der Waals surface area contributed by atoms with Crippen LogP contribution in [0, 0.1) is 12.7 Å². The molecule has 1 aromatic carbocycles. The lowest BCUT2D eigenvalue weighted by atomic mass is 9.97. The third-order valence-electron chi connectivity index (χ3n) is 5.07. The molecule has 0 saturated carbocycles. The van der Waals surface area contributed by atoms with Gasteiger partial charge < -0.3 is 9.42 Å². The first-order valence-corrected chi connectivity index (χ1v) is 8.90. The van der Waals surface area contributed by atoms with Crippen molar-refractivity contribution < 1.29 is 13.7 Å². The van der Waals surface area contributed by atoms with Crippen molar-refractivity contribution in [1.82, 2.24) is 24.8 Å².